The van der Waals surface area contributed by atoms with E-state index in [1.807, 2.05) is 20.8 Å². The summed E-state index contributed by atoms with van der Waals surface area (Å²) in [5, 5.41) is 7.25. The summed E-state index contributed by atoms with van der Waals surface area (Å²) >= 11 is 6.00. The van der Waals surface area contributed by atoms with E-state index in [1.54, 1.807) is 28.8 Å². The second-order valence-corrected chi connectivity index (χ2v) is 8.02. The number of rotatable bonds is 3. The summed E-state index contributed by atoms with van der Waals surface area (Å²) in [7, 11) is 0. The number of nitrogens with zero attached hydrogens (tertiary/aromatic N) is 5. The highest BCUT2D eigenvalue weighted by Gasteiger charge is 2.31. The highest BCUT2D eigenvalue weighted by molar-refractivity contribution is 6.33. The van der Waals surface area contributed by atoms with Gasteiger partial charge in [-0.2, -0.15) is 5.10 Å². The quantitative estimate of drug-likeness (QED) is 0.840. The molecule has 1 saturated heterocycles. The molecular weight excluding hydrogens is 384 g/mol. The van der Waals surface area contributed by atoms with Crippen molar-refractivity contribution in [3.63, 3.8) is 0 Å². The van der Waals surface area contributed by atoms with Gasteiger partial charge in [-0.25, -0.2) is 14.8 Å². The molecule has 3 heterocycles. The number of aromatic nitrogens is 4. The van der Waals surface area contributed by atoms with Gasteiger partial charge in [0.1, 0.15) is 11.4 Å². The third-order valence-electron chi connectivity index (χ3n) is 4.12. The summed E-state index contributed by atoms with van der Waals surface area (Å²) in [4.78, 5) is 34.3. The molecule has 1 fully saturated rings. The number of carbonyl (C=O) groups excluding carboxylic acids is 2. The monoisotopic (exact) mass is 406 g/mol. The second-order valence-electron chi connectivity index (χ2n) is 7.62. The zero-order chi connectivity index (χ0) is 20.5. The molecule has 2 amide bonds. The molecule has 1 N–H and O–H groups in total. The van der Waals surface area contributed by atoms with Crippen molar-refractivity contribution in [3.8, 4) is 0 Å². The molecule has 0 bridgehead atoms. The maximum atomic E-state index is 12.4. The summed E-state index contributed by atoms with van der Waals surface area (Å²) < 4.78 is 7.15. The van der Waals surface area contributed by atoms with Gasteiger partial charge in [0.05, 0.1) is 17.3 Å². The van der Waals surface area contributed by atoms with Crippen LogP contribution in [-0.4, -0.2) is 55.3 Å². The number of hydrogen-bond donors (Lipinski definition) is 1. The van der Waals surface area contributed by atoms with E-state index in [1.165, 1.54) is 6.20 Å². The fourth-order valence-corrected chi connectivity index (χ4v) is 3.03. The average molecular weight is 407 g/mol. The van der Waals surface area contributed by atoms with Crippen molar-refractivity contribution >= 4 is 29.4 Å². The van der Waals surface area contributed by atoms with Gasteiger partial charge in [0, 0.05) is 25.4 Å². The minimum absolute atomic E-state index is 0.0167. The first-order chi connectivity index (χ1) is 13.1. The molecule has 3 rings (SSSR count). The molecule has 10 heteroatoms. The number of carbonyl (C=O) groups is 2. The topological polar surface area (TPSA) is 102 Å². The molecule has 150 valence electrons. The Bertz CT molecular complexity index is 892. The van der Waals surface area contributed by atoms with Crippen LogP contribution in [0.25, 0.3) is 0 Å². The van der Waals surface area contributed by atoms with Crippen molar-refractivity contribution in [3.05, 3.63) is 35.0 Å². The van der Waals surface area contributed by atoms with Crippen LogP contribution in [0.4, 0.5) is 10.6 Å². The van der Waals surface area contributed by atoms with E-state index in [2.05, 4.69) is 20.4 Å². The molecule has 1 unspecified atom stereocenters. The van der Waals surface area contributed by atoms with Crippen molar-refractivity contribution in [1.29, 1.82) is 0 Å². The zero-order valence-electron chi connectivity index (χ0n) is 16.3. The molecule has 0 radical (unpaired) electrons. The van der Waals surface area contributed by atoms with E-state index in [9.17, 15) is 9.59 Å². The summed E-state index contributed by atoms with van der Waals surface area (Å²) in [6.07, 6.45) is 3.59. The first-order valence-electron chi connectivity index (χ1n) is 8.96. The van der Waals surface area contributed by atoms with Gasteiger partial charge in [-0.15, -0.1) is 0 Å². The number of ether oxygens (including phenoxy) is 1. The lowest BCUT2D eigenvalue weighted by Crippen LogP contribution is -2.35. The van der Waals surface area contributed by atoms with E-state index >= 15 is 0 Å². The molecule has 0 saturated carbocycles. The van der Waals surface area contributed by atoms with Crippen LogP contribution >= 0.6 is 11.6 Å². The van der Waals surface area contributed by atoms with Crippen LogP contribution in [-0.2, 0) is 4.74 Å². The molecule has 1 aliphatic rings. The Hall–Kier alpha value is -2.68. The summed E-state index contributed by atoms with van der Waals surface area (Å²) in [6, 6.07) is 1.71. The van der Waals surface area contributed by atoms with Gasteiger partial charge in [0.2, 0.25) is 0 Å². The van der Waals surface area contributed by atoms with Gasteiger partial charge < -0.3 is 15.0 Å². The number of aryl methyl sites for hydroxylation is 1. The molecule has 1 aliphatic heterocycles. The zero-order valence-corrected chi connectivity index (χ0v) is 17.0. The van der Waals surface area contributed by atoms with Crippen molar-refractivity contribution in [1.82, 2.24) is 24.6 Å². The number of anilines is 1. The number of likely N-dealkylation sites (tertiary alicyclic amines) is 1. The van der Waals surface area contributed by atoms with Crippen molar-refractivity contribution in [2.45, 2.75) is 45.8 Å². The highest BCUT2D eigenvalue weighted by Crippen LogP contribution is 2.24. The molecule has 2 aromatic rings. The lowest BCUT2D eigenvalue weighted by Gasteiger charge is -2.24. The third-order valence-corrected chi connectivity index (χ3v) is 4.40. The Labute approximate surface area is 168 Å². The molecule has 0 spiro atoms. The molecule has 0 aromatic carbocycles. The molecule has 9 nitrogen and oxygen atoms in total. The number of nitrogens with one attached hydrogen (secondary N) is 1. The number of halogens is 1. The number of amides is 2. The maximum absolute atomic E-state index is 12.4. The van der Waals surface area contributed by atoms with Gasteiger partial charge in [-0.05, 0) is 34.1 Å². The van der Waals surface area contributed by atoms with Crippen LogP contribution in [0.5, 0.6) is 0 Å². The lowest BCUT2D eigenvalue weighted by molar-refractivity contribution is 0.0288. The van der Waals surface area contributed by atoms with Gasteiger partial charge in [-0.1, -0.05) is 11.6 Å². The van der Waals surface area contributed by atoms with Gasteiger partial charge in [-0.3, -0.25) is 9.48 Å². The predicted octanol–water partition coefficient (Wildman–Crippen LogP) is 3.07. The summed E-state index contributed by atoms with van der Waals surface area (Å²) in [6.45, 7) is 8.29. The van der Waals surface area contributed by atoms with Crippen molar-refractivity contribution < 1.29 is 14.3 Å². The standard InChI is InChI=1S/C18H23ClN6O3/c1-11-20-9-13(19)15(21-11)16(26)22-14-6-8-25(23-14)12-5-7-24(10-12)17(27)28-18(2,3)4/h6,8-9,12H,5,7,10H2,1-4H3,(H,22,23,26). The van der Waals surface area contributed by atoms with E-state index in [4.69, 9.17) is 16.3 Å². The minimum Gasteiger partial charge on any atom is -0.444 e. The van der Waals surface area contributed by atoms with Crippen LogP contribution in [0.2, 0.25) is 5.02 Å². The third kappa shape index (κ3) is 4.78. The Kier molecular flexibility index (Phi) is 5.55. The molecule has 0 aliphatic carbocycles. The van der Waals surface area contributed by atoms with E-state index < -0.39 is 11.5 Å². The maximum Gasteiger partial charge on any atom is 0.410 e. The Morgan fingerprint density at radius 3 is 2.82 bits per heavy atom. The van der Waals surface area contributed by atoms with E-state index in [0.29, 0.717) is 24.7 Å². The molecular formula is C18H23ClN6O3. The molecule has 1 atom stereocenters. The molecule has 2 aromatic heterocycles. The average Bonchev–Trinajstić information content (AvgIpc) is 3.24. The largest absolute Gasteiger partial charge is 0.444 e. The van der Waals surface area contributed by atoms with Gasteiger partial charge >= 0.3 is 6.09 Å². The Balaban J connectivity index is 1.62. The smallest absolute Gasteiger partial charge is 0.410 e. The first-order valence-corrected chi connectivity index (χ1v) is 9.34. The molecule has 28 heavy (non-hydrogen) atoms. The Morgan fingerprint density at radius 1 is 1.36 bits per heavy atom. The van der Waals surface area contributed by atoms with Crippen LogP contribution in [0.1, 0.15) is 49.5 Å². The van der Waals surface area contributed by atoms with Crippen molar-refractivity contribution in [2.24, 2.45) is 0 Å². The van der Waals surface area contributed by atoms with E-state index in [0.717, 1.165) is 6.42 Å². The van der Waals surface area contributed by atoms with Crippen LogP contribution < -0.4 is 5.32 Å². The van der Waals surface area contributed by atoms with E-state index in [-0.39, 0.29) is 22.9 Å². The SMILES string of the molecule is Cc1ncc(Cl)c(C(=O)Nc2ccn(C3CCN(C(=O)OC(C)(C)C)C3)n2)n1. The summed E-state index contributed by atoms with van der Waals surface area (Å²) in [5.41, 5.74) is -0.431. The second kappa shape index (κ2) is 7.75. The fraction of sp³-hybridized carbons (Fsp3) is 0.500. The van der Waals surface area contributed by atoms with Gasteiger partial charge in [0.15, 0.2) is 11.5 Å². The first kappa shape index (κ1) is 20.1. The fourth-order valence-electron chi connectivity index (χ4n) is 2.85. The van der Waals surface area contributed by atoms with Gasteiger partial charge in [0.25, 0.3) is 5.91 Å². The minimum atomic E-state index is -0.529. The lowest BCUT2D eigenvalue weighted by atomic mass is 10.2. The van der Waals surface area contributed by atoms with Crippen LogP contribution in [0, 0.1) is 6.92 Å². The van der Waals surface area contributed by atoms with Crippen LogP contribution in [0.3, 0.4) is 0 Å². The number of hydrogen-bond acceptors (Lipinski definition) is 6. The van der Waals surface area contributed by atoms with Crippen LogP contribution in [0.15, 0.2) is 18.5 Å². The normalized spacial score (nSPS) is 16.9. The Morgan fingerprint density at radius 2 is 2.11 bits per heavy atom. The predicted molar refractivity (Wildman–Crippen MR) is 103 cm³/mol. The highest BCUT2D eigenvalue weighted by atomic mass is 35.5. The van der Waals surface area contributed by atoms with Crippen molar-refractivity contribution in [2.75, 3.05) is 18.4 Å². The summed E-state index contributed by atoms with van der Waals surface area (Å²) in [5.74, 6) is 0.379.